The van der Waals surface area contributed by atoms with Gasteiger partial charge in [-0.15, -0.1) is 0 Å². The second kappa shape index (κ2) is 5.34. The van der Waals surface area contributed by atoms with E-state index in [4.69, 9.17) is 15.5 Å². The van der Waals surface area contributed by atoms with Gasteiger partial charge in [-0.2, -0.15) is 0 Å². The maximum Gasteiger partial charge on any atom is 0.469 e. The van der Waals surface area contributed by atoms with E-state index in [0.717, 1.165) is 14.2 Å². The van der Waals surface area contributed by atoms with Crippen molar-refractivity contribution in [2.45, 2.75) is 5.78 Å². The Morgan fingerprint density at radius 2 is 1.71 bits per heavy atom. The number of hydrogen-bond acceptors (Lipinski definition) is 6. The molecule has 0 rings (SSSR count). The average Bonchev–Trinajstić information content (AvgIpc) is 2.11. The van der Waals surface area contributed by atoms with Crippen molar-refractivity contribution in [2.24, 2.45) is 5.73 Å². The minimum Gasteiger partial charge on any atom is -0.316 e. The van der Waals surface area contributed by atoms with E-state index in [2.05, 4.69) is 13.6 Å². The van der Waals surface area contributed by atoms with E-state index in [-0.39, 0.29) is 0 Å². The van der Waals surface area contributed by atoms with Gasteiger partial charge in [-0.1, -0.05) is 0 Å². The van der Waals surface area contributed by atoms with Crippen LogP contribution in [0.2, 0.25) is 0 Å². The monoisotopic (exact) mass is 249 g/mol. The standard InChI is InChI=1S/C4H13NO7P2/c1-10-13(6,11-2)4(5)3-12-14(7,8)9/h4H,3,5H2,1-2H3,(H2,7,8,9). The van der Waals surface area contributed by atoms with Crippen LogP contribution in [0.25, 0.3) is 0 Å². The third-order valence-electron chi connectivity index (χ3n) is 1.33. The van der Waals surface area contributed by atoms with Crippen molar-refractivity contribution in [3.63, 3.8) is 0 Å². The molecule has 0 radical (unpaired) electrons. The zero-order valence-electron chi connectivity index (χ0n) is 7.69. The van der Waals surface area contributed by atoms with Crippen LogP contribution in [-0.2, 0) is 22.7 Å². The van der Waals surface area contributed by atoms with Crippen molar-refractivity contribution >= 4 is 15.4 Å². The fourth-order valence-electron chi connectivity index (χ4n) is 0.610. The van der Waals surface area contributed by atoms with Gasteiger partial charge in [0.05, 0.1) is 6.61 Å². The van der Waals surface area contributed by atoms with Crippen LogP contribution in [0.1, 0.15) is 0 Å². The number of nitrogens with two attached hydrogens (primary N) is 1. The van der Waals surface area contributed by atoms with Crippen LogP contribution in [0.5, 0.6) is 0 Å². The Hall–Kier alpha value is 0.220. The molecular formula is C4H13NO7P2. The molecule has 10 heteroatoms. The summed E-state index contributed by atoms with van der Waals surface area (Å²) >= 11 is 0. The predicted molar refractivity (Wildman–Crippen MR) is 47.6 cm³/mol. The van der Waals surface area contributed by atoms with Crippen LogP contribution in [0.3, 0.4) is 0 Å². The Labute approximate surface area is 81.1 Å². The Balaban J connectivity index is 4.27. The summed E-state index contributed by atoms with van der Waals surface area (Å²) < 4.78 is 34.8. The van der Waals surface area contributed by atoms with Crippen molar-refractivity contribution in [2.75, 3.05) is 20.8 Å². The molecule has 0 aromatic carbocycles. The van der Waals surface area contributed by atoms with E-state index in [0.29, 0.717) is 0 Å². The van der Waals surface area contributed by atoms with Gasteiger partial charge in [0.2, 0.25) is 0 Å². The van der Waals surface area contributed by atoms with Crippen molar-refractivity contribution in [1.82, 2.24) is 0 Å². The third-order valence-corrected chi connectivity index (χ3v) is 3.79. The zero-order chi connectivity index (χ0) is 11.4. The van der Waals surface area contributed by atoms with E-state index in [1.54, 1.807) is 0 Å². The normalized spacial score (nSPS) is 15.5. The SMILES string of the molecule is COP(=O)(OC)C(N)COP(=O)(O)O. The summed E-state index contributed by atoms with van der Waals surface area (Å²) in [6.45, 7) is -0.622. The van der Waals surface area contributed by atoms with Gasteiger partial charge in [0.25, 0.3) is 0 Å². The first-order valence-electron chi connectivity index (χ1n) is 3.42. The maximum atomic E-state index is 11.5. The summed E-state index contributed by atoms with van der Waals surface area (Å²) in [5, 5.41) is 0. The number of phosphoric ester groups is 1. The Bertz CT molecular complexity index is 254. The molecule has 0 aromatic heterocycles. The van der Waals surface area contributed by atoms with Crippen LogP contribution in [-0.4, -0.2) is 36.4 Å². The molecule has 86 valence electrons. The lowest BCUT2D eigenvalue weighted by atomic mass is 10.7. The molecule has 4 N–H and O–H groups in total. The van der Waals surface area contributed by atoms with Crippen LogP contribution < -0.4 is 5.73 Å². The summed E-state index contributed by atoms with van der Waals surface area (Å²) in [5.74, 6) is -1.25. The van der Waals surface area contributed by atoms with Crippen LogP contribution in [0.15, 0.2) is 0 Å². The highest BCUT2D eigenvalue weighted by Gasteiger charge is 2.32. The molecule has 0 aliphatic rings. The van der Waals surface area contributed by atoms with Gasteiger partial charge in [-0.25, -0.2) is 4.57 Å². The molecule has 0 fully saturated rings. The maximum absolute atomic E-state index is 11.5. The summed E-state index contributed by atoms with van der Waals surface area (Å²) in [4.78, 5) is 16.7. The second-order valence-corrected chi connectivity index (χ2v) is 5.97. The summed E-state index contributed by atoms with van der Waals surface area (Å²) in [7, 11) is -5.95. The highest BCUT2D eigenvalue weighted by molar-refractivity contribution is 7.54. The fraction of sp³-hybridized carbons (Fsp3) is 1.00. The van der Waals surface area contributed by atoms with Gasteiger partial charge in [0.15, 0.2) is 0 Å². The Kier molecular flexibility index (Phi) is 5.43. The third kappa shape index (κ3) is 4.63. The molecule has 14 heavy (non-hydrogen) atoms. The molecule has 0 aliphatic heterocycles. The van der Waals surface area contributed by atoms with E-state index in [9.17, 15) is 9.13 Å². The Morgan fingerprint density at radius 3 is 2.00 bits per heavy atom. The van der Waals surface area contributed by atoms with Crippen LogP contribution >= 0.6 is 15.4 Å². The minimum atomic E-state index is -4.62. The molecule has 0 spiro atoms. The highest BCUT2D eigenvalue weighted by Crippen LogP contribution is 2.50. The molecule has 0 bridgehead atoms. The molecule has 0 heterocycles. The topological polar surface area (TPSA) is 128 Å². The summed E-state index contributed by atoms with van der Waals surface area (Å²) in [5.41, 5.74) is 5.30. The van der Waals surface area contributed by atoms with Gasteiger partial charge in [0, 0.05) is 14.2 Å². The summed E-state index contributed by atoms with van der Waals surface area (Å²) in [6.07, 6.45) is 0. The van der Waals surface area contributed by atoms with Crippen molar-refractivity contribution in [1.29, 1.82) is 0 Å². The summed E-state index contributed by atoms with van der Waals surface area (Å²) in [6, 6.07) is 0. The fourth-order valence-corrected chi connectivity index (χ4v) is 2.03. The molecule has 1 unspecified atom stereocenters. The number of phosphoric acid groups is 1. The largest absolute Gasteiger partial charge is 0.469 e. The molecule has 1 atom stereocenters. The molecule has 8 nitrogen and oxygen atoms in total. The van der Waals surface area contributed by atoms with Crippen molar-refractivity contribution < 1.29 is 32.5 Å². The molecule has 0 amide bonds. The van der Waals surface area contributed by atoms with Crippen LogP contribution in [0.4, 0.5) is 0 Å². The lowest BCUT2D eigenvalue weighted by Crippen LogP contribution is -2.27. The van der Waals surface area contributed by atoms with E-state index >= 15 is 0 Å². The molecule has 0 saturated heterocycles. The van der Waals surface area contributed by atoms with E-state index in [1.807, 2.05) is 0 Å². The number of rotatable bonds is 6. The number of hydrogen-bond donors (Lipinski definition) is 3. The second-order valence-electron chi connectivity index (χ2n) is 2.26. The molecule has 0 aromatic rings. The molecular weight excluding hydrogens is 236 g/mol. The highest BCUT2D eigenvalue weighted by atomic mass is 31.2. The van der Waals surface area contributed by atoms with Crippen molar-refractivity contribution in [3.05, 3.63) is 0 Å². The van der Waals surface area contributed by atoms with Gasteiger partial charge < -0.3 is 24.6 Å². The zero-order valence-corrected chi connectivity index (χ0v) is 9.48. The van der Waals surface area contributed by atoms with Gasteiger partial charge in [0.1, 0.15) is 5.78 Å². The van der Waals surface area contributed by atoms with Gasteiger partial charge in [-0.05, 0) is 0 Å². The Morgan fingerprint density at radius 1 is 1.29 bits per heavy atom. The average molecular weight is 249 g/mol. The first kappa shape index (κ1) is 14.2. The van der Waals surface area contributed by atoms with Gasteiger partial charge >= 0.3 is 15.4 Å². The first-order chi connectivity index (χ1) is 6.25. The predicted octanol–water partition coefficient (Wildman–Crippen LogP) is -0.134. The van der Waals surface area contributed by atoms with Crippen molar-refractivity contribution in [3.8, 4) is 0 Å². The van der Waals surface area contributed by atoms with E-state index in [1.165, 1.54) is 0 Å². The minimum absolute atomic E-state index is 0.622. The molecule has 0 aliphatic carbocycles. The van der Waals surface area contributed by atoms with E-state index < -0.39 is 27.8 Å². The first-order valence-corrected chi connectivity index (χ1v) is 6.56. The lowest BCUT2D eigenvalue weighted by molar-refractivity contribution is 0.185. The smallest absolute Gasteiger partial charge is 0.316 e. The van der Waals surface area contributed by atoms with Crippen LogP contribution in [0, 0.1) is 0 Å². The lowest BCUT2D eigenvalue weighted by Gasteiger charge is -2.20. The molecule has 0 saturated carbocycles. The quantitative estimate of drug-likeness (QED) is 0.555. The van der Waals surface area contributed by atoms with Gasteiger partial charge in [-0.3, -0.25) is 9.09 Å².